The van der Waals surface area contributed by atoms with Gasteiger partial charge in [0.05, 0.1) is 31.4 Å². The van der Waals surface area contributed by atoms with Gasteiger partial charge < -0.3 is 24.7 Å². The molecule has 29 heavy (non-hydrogen) atoms. The lowest BCUT2D eigenvalue weighted by molar-refractivity contribution is 0.0386. The molecule has 2 heterocycles. The summed E-state index contributed by atoms with van der Waals surface area (Å²) in [4.78, 5) is 8.40. The number of hydrogen-bond acceptors (Lipinski definition) is 4. The number of aliphatic imine (C=N–C) groups is 1. The van der Waals surface area contributed by atoms with Crippen LogP contribution in [0, 0.1) is 5.82 Å². The smallest absolute Gasteiger partial charge is 0.191 e. The highest BCUT2D eigenvalue weighted by Gasteiger charge is 2.26. The van der Waals surface area contributed by atoms with Crippen LogP contribution in [0.3, 0.4) is 0 Å². The summed E-state index contributed by atoms with van der Waals surface area (Å²) in [6.07, 6.45) is 6.36. The van der Waals surface area contributed by atoms with Gasteiger partial charge in [0.15, 0.2) is 5.96 Å². The third-order valence-electron chi connectivity index (χ3n) is 4.21. The highest BCUT2D eigenvalue weighted by Crippen LogP contribution is 2.20. The normalized spacial score (nSPS) is 13.4. The van der Waals surface area contributed by atoms with Crippen molar-refractivity contribution in [2.75, 3.05) is 13.1 Å². The largest absolute Gasteiger partial charge is 0.466 e. The van der Waals surface area contributed by atoms with E-state index in [1.807, 2.05) is 13.0 Å². The molecular formula is C20H25FIN5O2. The molecule has 0 bridgehead atoms. The third-order valence-corrected chi connectivity index (χ3v) is 4.21. The molecule has 9 heteroatoms. The summed E-state index contributed by atoms with van der Waals surface area (Å²) in [6, 6.07) is 8.43. The van der Waals surface area contributed by atoms with Crippen LogP contribution in [0.4, 0.5) is 4.39 Å². The van der Waals surface area contributed by atoms with Gasteiger partial charge in [-0.1, -0.05) is 6.07 Å². The van der Waals surface area contributed by atoms with Gasteiger partial charge in [-0.3, -0.25) is 0 Å². The first-order valence-corrected chi connectivity index (χ1v) is 9.05. The van der Waals surface area contributed by atoms with Crippen molar-refractivity contribution in [3.05, 3.63) is 72.5 Å². The zero-order valence-electron chi connectivity index (χ0n) is 16.3. The molecule has 0 aliphatic carbocycles. The number of nitrogens with zero attached hydrogens (tertiary/aromatic N) is 3. The Bertz CT molecular complexity index is 911. The number of halogens is 2. The van der Waals surface area contributed by atoms with Crippen molar-refractivity contribution in [2.45, 2.75) is 26.0 Å². The monoisotopic (exact) mass is 513 g/mol. The molecule has 3 N–H and O–H groups in total. The Kier molecular flexibility index (Phi) is 8.21. The van der Waals surface area contributed by atoms with Crippen molar-refractivity contribution in [3.8, 4) is 5.69 Å². The first-order valence-electron chi connectivity index (χ1n) is 9.05. The molecule has 0 spiro atoms. The molecule has 3 aromatic rings. The quantitative estimate of drug-likeness (QED) is 0.257. The fraction of sp³-hybridized carbons (Fsp3) is 0.300. The molecule has 1 unspecified atom stereocenters. The Morgan fingerprint density at radius 3 is 2.79 bits per heavy atom. The number of furan rings is 1. The van der Waals surface area contributed by atoms with Gasteiger partial charge in [-0.15, -0.1) is 24.0 Å². The average Bonchev–Trinajstić information content (AvgIpc) is 3.38. The Hall–Kier alpha value is -2.40. The maximum atomic E-state index is 14.4. The van der Waals surface area contributed by atoms with E-state index in [2.05, 4.69) is 20.6 Å². The topological polar surface area (TPSA) is 87.6 Å². The lowest BCUT2D eigenvalue weighted by Gasteiger charge is -2.22. The van der Waals surface area contributed by atoms with Crippen molar-refractivity contribution < 1.29 is 13.9 Å². The predicted octanol–water partition coefficient (Wildman–Crippen LogP) is 3.19. The lowest BCUT2D eigenvalue weighted by atomic mass is 10.0. The van der Waals surface area contributed by atoms with Crippen LogP contribution in [0.5, 0.6) is 0 Å². The van der Waals surface area contributed by atoms with Crippen LogP contribution in [0.2, 0.25) is 0 Å². The fourth-order valence-corrected chi connectivity index (χ4v) is 2.70. The highest BCUT2D eigenvalue weighted by atomic mass is 127. The molecule has 156 valence electrons. The number of nitrogens with one attached hydrogen (secondary N) is 2. The van der Waals surface area contributed by atoms with Gasteiger partial charge in [0, 0.05) is 18.9 Å². The third kappa shape index (κ3) is 6.04. The predicted molar refractivity (Wildman–Crippen MR) is 120 cm³/mol. The van der Waals surface area contributed by atoms with Crippen LogP contribution in [-0.4, -0.2) is 33.7 Å². The summed E-state index contributed by atoms with van der Waals surface area (Å²) in [5.41, 5.74) is -0.0146. The first kappa shape index (κ1) is 22.9. The molecule has 1 atom stereocenters. The molecule has 0 aliphatic rings. The zero-order valence-corrected chi connectivity index (χ0v) is 18.6. The first-order chi connectivity index (χ1) is 13.5. The Balaban J connectivity index is 0.00000300. The second kappa shape index (κ2) is 10.4. The molecule has 0 amide bonds. The lowest BCUT2D eigenvalue weighted by Crippen LogP contribution is -2.44. The van der Waals surface area contributed by atoms with Crippen LogP contribution in [0.25, 0.3) is 5.69 Å². The van der Waals surface area contributed by atoms with E-state index in [1.165, 1.54) is 12.3 Å². The summed E-state index contributed by atoms with van der Waals surface area (Å²) in [6.45, 7) is 4.76. The maximum absolute atomic E-state index is 14.4. The van der Waals surface area contributed by atoms with Crippen molar-refractivity contribution in [2.24, 2.45) is 4.99 Å². The second-order valence-electron chi connectivity index (χ2n) is 6.56. The van der Waals surface area contributed by atoms with Crippen LogP contribution >= 0.6 is 24.0 Å². The minimum Gasteiger partial charge on any atom is -0.466 e. The standard InChI is InChI=1S/C20H24FN5O2.HI/c1-3-23-19(25-13-20(2,27)18-5-4-10-28-18)24-12-15-6-7-17(16(21)11-15)26-9-8-22-14-26;/h4-11,14,27H,3,12-13H2,1-2H3,(H2,23,24,25);1H. The molecule has 1 aromatic carbocycles. The summed E-state index contributed by atoms with van der Waals surface area (Å²) in [5, 5.41) is 16.7. The summed E-state index contributed by atoms with van der Waals surface area (Å²) in [7, 11) is 0. The Morgan fingerprint density at radius 2 is 2.17 bits per heavy atom. The van der Waals surface area contributed by atoms with Gasteiger partial charge in [-0.2, -0.15) is 0 Å². The second-order valence-corrected chi connectivity index (χ2v) is 6.56. The van der Waals surface area contributed by atoms with Crippen molar-refractivity contribution in [1.29, 1.82) is 0 Å². The van der Waals surface area contributed by atoms with Crippen LogP contribution in [-0.2, 0) is 12.1 Å². The maximum Gasteiger partial charge on any atom is 0.191 e. The number of rotatable bonds is 7. The molecule has 0 saturated carbocycles. The summed E-state index contributed by atoms with van der Waals surface area (Å²) < 4.78 is 21.3. The molecule has 0 saturated heterocycles. The SMILES string of the molecule is CCNC(=NCc1ccc(-n2ccnc2)c(F)c1)NCC(C)(O)c1ccco1.I. The molecule has 0 fully saturated rings. The summed E-state index contributed by atoms with van der Waals surface area (Å²) in [5.74, 6) is 0.644. The van der Waals surface area contributed by atoms with E-state index in [0.717, 1.165) is 5.56 Å². The number of benzene rings is 1. The van der Waals surface area contributed by atoms with Gasteiger partial charge in [0.25, 0.3) is 0 Å². The number of aliphatic hydroxyl groups is 1. The number of hydrogen-bond donors (Lipinski definition) is 3. The molecule has 3 rings (SSSR count). The van der Waals surface area contributed by atoms with E-state index in [-0.39, 0.29) is 36.3 Å². The summed E-state index contributed by atoms with van der Waals surface area (Å²) >= 11 is 0. The van der Waals surface area contributed by atoms with Crippen molar-refractivity contribution >= 4 is 29.9 Å². The van der Waals surface area contributed by atoms with Gasteiger partial charge in [0.2, 0.25) is 0 Å². The Morgan fingerprint density at radius 1 is 1.34 bits per heavy atom. The molecule has 7 nitrogen and oxygen atoms in total. The van der Waals surface area contributed by atoms with Crippen LogP contribution in [0.1, 0.15) is 25.2 Å². The van der Waals surface area contributed by atoms with E-state index in [4.69, 9.17) is 4.42 Å². The molecule has 0 aliphatic heterocycles. The molecule has 0 radical (unpaired) electrons. The fourth-order valence-electron chi connectivity index (χ4n) is 2.70. The minimum absolute atomic E-state index is 0. The van der Waals surface area contributed by atoms with E-state index >= 15 is 0 Å². The van der Waals surface area contributed by atoms with Gasteiger partial charge in [-0.25, -0.2) is 14.4 Å². The average molecular weight is 513 g/mol. The number of guanidine groups is 1. The highest BCUT2D eigenvalue weighted by molar-refractivity contribution is 14.0. The van der Waals surface area contributed by atoms with Gasteiger partial charge in [0.1, 0.15) is 17.2 Å². The van der Waals surface area contributed by atoms with E-state index < -0.39 is 5.60 Å². The van der Waals surface area contributed by atoms with Crippen molar-refractivity contribution in [3.63, 3.8) is 0 Å². The zero-order chi connectivity index (χ0) is 20.0. The Labute approximate surface area is 186 Å². The van der Waals surface area contributed by atoms with E-state index in [9.17, 15) is 9.50 Å². The van der Waals surface area contributed by atoms with Crippen molar-refractivity contribution in [1.82, 2.24) is 20.2 Å². The van der Waals surface area contributed by atoms with E-state index in [0.29, 0.717) is 30.5 Å². The van der Waals surface area contributed by atoms with Crippen LogP contribution < -0.4 is 10.6 Å². The number of imidazole rings is 1. The van der Waals surface area contributed by atoms with Crippen LogP contribution in [0.15, 0.2) is 64.7 Å². The van der Waals surface area contributed by atoms with E-state index in [1.54, 1.807) is 48.4 Å². The van der Waals surface area contributed by atoms with Gasteiger partial charge >= 0.3 is 0 Å². The molecular weight excluding hydrogens is 488 g/mol. The van der Waals surface area contributed by atoms with Gasteiger partial charge in [-0.05, 0) is 43.7 Å². The number of aromatic nitrogens is 2. The minimum atomic E-state index is -1.18. The molecule has 2 aromatic heterocycles.